The molecular weight excluding hydrogens is 308 g/mol. The van der Waals surface area contributed by atoms with Crippen LogP contribution in [0.4, 0.5) is 5.69 Å². The Kier molecular flexibility index (Phi) is 3.94. The van der Waals surface area contributed by atoms with Gasteiger partial charge in [-0.25, -0.2) is 0 Å². The molecular formula is C17H18N4O3. The Morgan fingerprint density at radius 3 is 2.62 bits per heavy atom. The van der Waals surface area contributed by atoms with Crippen molar-refractivity contribution in [1.29, 1.82) is 0 Å². The molecule has 1 atom stereocenters. The van der Waals surface area contributed by atoms with E-state index in [0.717, 1.165) is 11.3 Å². The lowest BCUT2D eigenvalue weighted by Gasteiger charge is -2.21. The number of pyridine rings is 1. The molecule has 7 heteroatoms. The molecule has 0 fully saturated rings. The van der Waals surface area contributed by atoms with Crippen molar-refractivity contribution in [2.24, 2.45) is 0 Å². The number of benzene rings is 1. The molecule has 0 saturated carbocycles. The summed E-state index contributed by atoms with van der Waals surface area (Å²) >= 11 is 0. The molecule has 0 spiro atoms. The minimum Gasteiger partial charge on any atom is -0.399 e. The van der Waals surface area contributed by atoms with Gasteiger partial charge in [0.25, 0.3) is 11.4 Å². The molecule has 0 bridgehead atoms. The number of nitrogens with zero attached hydrogens (tertiary/aromatic N) is 3. The van der Waals surface area contributed by atoms with Gasteiger partial charge in [0.15, 0.2) is 5.60 Å². The van der Waals surface area contributed by atoms with Crippen LogP contribution in [0.25, 0.3) is 11.4 Å². The SMILES string of the molecule is Cc1cccc(=O)n1C[C@](C)(O)c1nc(-c2ccc(N)cc2)no1. The molecule has 0 aliphatic carbocycles. The van der Waals surface area contributed by atoms with E-state index in [1.54, 1.807) is 43.3 Å². The van der Waals surface area contributed by atoms with Crippen LogP contribution in [0.15, 0.2) is 51.8 Å². The van der Waals surface area contributed by atoms with Crippen LogP contribution in [0.2, 0.25) is 0 Å². The van der Waals surface area contributed by atoms with Crippen LogP contribution in [0.1, 0.15) is 18.5 Å². The molecule has 1 aromatic carbocycles. The summed E-state index contributed by atoms with van der Waals surface area (Å²) in [6.45, 7) is 3.35. The zero-order chi connectivity index (χ0) is 17.3. The summed E-state index contributed by atoms with van der Waals surface area (Å²) < 4.78 is 6.67. The highest BCUT2D eigenvalue weighted by Gasteiger charge is 2.31. The Morgan fingerprint density at radius 2 is 1.96 bits per heavy atom. The predicted molar refractivity (Wildman–Crippen MR) is 89.2 cm³/mol. The average molecular weight is 326 g/mol. The van der Waals surface area contributed by atoms with E-state index in [-0.39, 0.29) is 18.0 Å². The number of anilines is 1. The molecule has 3 aromatic rings. The maximum atomic E-state index is 12.0. The van der Waals surface area contributed by atoms with Gasteiger partial charge >= 0.3 is 0 Å². The van der Waals surface area contributed by atoms with Crippen molar-refractivity contribution in [1.82, 2.24) is 14.7 Å². The molecule has 3 rings (SSSR count). The summed E-state index contributed by atoms with van der Waals surface area (Å²) in [6, 6.07) is 11.9. The third-order valence-corrected chi connectivity index (χ3v) is 3.79. The summed E-state index contributed by atoms with van der Waals surface area (Å²) in [6.07, 6.45) is 0. The molecule has 24 heavy (non-hydrogen) atoms. The van der Waals surface area contributed by atoms with Gasteiger partial charge in [0, 0.05) is 23.0 Å². The van der Waals surface area contributed by atoms with Crippen molar-refractivity contribution in [2.75, 3.05) is 5.73 Å². The number of nitrogens with two attached hydrogens (primary N) is 1. The Balaban J connectivity index is 1.90. The molecule has 7 nitrogen and oxygen atoms in total. The zero-order valence-corrected chi connectivity index (χ0v) is 13.4. The average Bonchev–Trinajstić information content (AvgIpc) is 3.03. The van der Waals surface area contributed by atoms with Crippen LogP contribution < -0.4 is 11.3 Å². The number of aryl methyl sites for hydroxylation is 1. The first-order valence-electron chi connectivity index (χ1n) is 7.46. The second-order valence-corrected chi connectivity index (χ2v) is 5.91. The molecule has 0 unspecified atom stereocenters. The topological polar surface area (TPSA) is 107 Å². The Labute approximate surface area is 138 Å². The second kappa shape index (κ2) is 5.93. The van der Waals surface area contributed by atoms with Gasteiger partial charge < -0.3 is 19.9 Å². The fourth-order valence-corrected chi connectivity index (χ4v) is 2.39. The molecule has 2 aromatic heterocycles. The molecule has 0 amide bonds. The Bertz CT molecular complexity index is 910. The zero-order valence-electron chi connectivity index (χ0n) is 13.4. The third-order valence-electron chi connectivity index (χ3n) is 3.79. The largest absolute Gasteiger partial charge is 0.399 e. The summed E-state index contributed by atoms with van der Waals surface area (Å²) in [5, 5.41) is 14.6. The number of aliphatic hydroxyl groups is 1. The molecule has 0 radical (unpaired) electrons. The molecule has 0 aliphatic rings. The fraction of sp³-hybridized carbons (Fsp3) is 0.235. The van der Waals surface area contributed by atoms with Crippen LogP contribution in [-0.2, 0) is 12.1 Å². The lowest BCUT2D eigenvalue weighted by Crippen LogP contribution is -2.34. The van der Waals surface area contributed by atoms with E-state index in [9.17, 15) is 9.90 Å². The van der Waals surface area contributed by atoms with Crippen molar-refractivity contribution in [3.05, 3.63) is 64.4 Å². The van der Waals surface area contributed by atoms with Gasteiger partial charge in [0.05, 0.1) is 6.54 Å². The van der Waals surface area contributed by atoms with Crippen molar-refractivity contribution < 1.29 is 9.63 Å². The van der Waals surface area contributed by atoms with E-state index in [1.807, 2.05) is 0 Å². The van der Waals surface area contributed by atoms with Crippen molar-refractivity contribution in [3.8, 4) is 11.4 Å². The van der Waals surface area contributed by atoms with Crippen LogP contribution in [0.3, 0.4) is 0 Å². The van der Waals surface area contributed by atoms with Gasteiger partial charge in [-0.2, -0.15) is 4.98 Å². The van der Waals surface area contributed by atoms with Crippen LogP contribution in [0, 0.1) is 6.92 Å². The van der Waals surface area contributed by atoms with Gasteiger partial charge in [0.1, 0.15) is 0 Å². The number of nitrogen functional groups attached to an aromatic ring is 1. The minimum absolute atomic E-state index is 0.0158. The van der Waals surface area contributed by atoms with Crippen molar-refractivity contribution in [2.45, 2.75) is 26.0 Å². The molecule has 3 N–H and O–H groups in total. The van der Waals surface area contributed by atoms with Crippen LogP contribution >= 0.6 is 0 Å². The number of rotatable bonds is 4. The van der Waals surface area contributed by atoms with Gasteiger partial charge in [-0.1, -0.05) is 11.2 Å². The summed E-state index contributed by atoms with van der Waals surface area (Å²) in [4.78, 5) is 16.2. The quantitative estimate of drug-likeness (QED) is 0.707. The summed E-state index contributed by atoms with van der Waals surface area (Å²) in [5.41, 5.74) is 6.07. The number of aromatic nitrogens is 3. The van der Waals surface area contributed by atoms with E-state index >= 15 is 0 Å². The van der Waals surface area contributed by atoms with Crippen LogP contribution in [0.5, 0.6) is 0 Å². The van der Waals surface area contributed by atoms with Crippen molar-refractivity contribution >= 4 is 5.69 Å². The highest BCUT2D eigenvalue weighted by atomic mass is 16.5. The van der Waals surface area contributed by atoms with Crippen molar-refractivity contribution in [3.63, 3.8) is 0 Å². The lowest BCUT2D eigenvalue weighted by atomic mass is 10.1. The monoisotopic (exact) mass is 326 g/mol. The minimum atomic E-state index is -1.48. The lowest BCUT2D eigenvalue weighted by molar-refractivity contribution is 0.00479. The van der Waals surface area contributed by atoms with E-state index in [1.165, 1.54) is 17.6 Å². The number of hydrogen-bond acceptors (Lipinski definition) is 6. The molecule has 124 valence electrons. The first kappa shape index (κ1) is 15.9. The van der Waals surface area contributed by atoms with Gasteiger partial charge in [-0.3, -0.25) is 4.79 Å². The van der Waals surface area contributed by atoms with Gasteiger partial charge in [0.2, 0.25) is 5.82 Å². The first-order chi connectivity index (χ1) is 11.4. The standard InChI is InChI=1S/C17H18N4O3/c1-11-4-3-5-14(22)21(11)10-17(2,23)16-19-15(20-24-16)12-6-8-13(18)9-7-12/h3-9,23H,10,18H2,1-2H3/t17-/m0/s1. The van der Waals surface area contributed by atoms with Gasteiger partial charge in [-0.15, -0.1) is 0 Å². The highest BCUT2D eigenvalue weighted by molar-refractivity contribution is 5.58. The summed E-state index contributed by atoms with van der Waals surface area (Å²) in [5.74, 6) is 0.395. The smallest absolute Gasteiger partial charge is 0.260 e. The first-order valence-corrected chi connectivity index (χ1v) is 7.46. The Hall–Kier alpha value is -2.93. The van der Waals surface area contributed by atoms with Crippen LogP contribution in [-0.4, -0.2) is 19.8 Å². The second-order valence-electron chi connectivity index (χ2n) is 5.91. The predicted octanol–water partition coefficient (Wildman–Crippen LogP) is 1.70. The highest BCUT2D eigenvalue weighted by Crippen LogP contribution is 2.24. The molecule has 0 saturated heterocycles. The normalized spacial score (nSPS) is 13.6. The van der Waals surface area contributed by atoms with E-state index in [4.69, 9.17) is 10.3 Å². The van der Waals surface area contributed by atoms with Gasteiger partial charge in [-0.05, 0) is 44.2 Å². The Morgan fingerprint density at radius 1 is 1.25 bits per heavy atom. The maximum absolute atomic E-state index is 12.0. The van der Waals surface area contributed by atoms with E-state index in [2.05, 4.69) is 10.1 Å². The molecule has 0 aliphatic heterocycles. The molecule has 2 heterocycles. The van der Waals surface area contributed by atoms with E-state index < -0.39 is 5.60 Å². The maximum Gasteiger partial charge on any atom is 0.260 e. The third kappa shape index (κ3) is 3.07. The summed E-state index contributed by atoms with van der Waals surface area (Å²) in [7, 11) is 0. The number of hydrogen-bond donors (Lipinski definition) is 2. The van der Waals surface area contributed by atoms with E-state index in [0.29, 0.717) is 11.5 Å². The fourth-order valence-electron chi connectivity index (χ4n) is 2.39.